The molecule has 0 bridgehead atoms. The molecule has 2 aromatic rings. The summed E-state index contributed by atoms with van der Waals surface area (Å²) in [6.45, 7) is 0. The van der Waals surface area contributed by atoms with E-state index in [0.717, 1.165) is 0 Å². The maximum atomic E-state index is 11.8. The summed E-state index contributed by atoms with van der Waals surface area (Å²) in [5.74, 6) is -0.264. The lowest BCUT2D eigenvalue weighted by Gasteiger charge is -2.06. The molecule has 1 amide bonds. The van der Waals surface area contributed by atoms with Crippen LogP contribution in [0, 0.1) is 0 Å². The topological polar surface area (TPSA) is 82.5 Å². The fourth-order valence-corrected chi connectivity index (χ4v) is 1.44. The van der Waals surface area contributed by atoms with Crippen molar-refractivity contribution >= 4 is 24.2 Å². The summed E-state index contributed by atoms with van der Waals surface area (Å²) in [6, 6.07) is 9.60. The Kier molecular flexibility index (Phi) is 3.71. The third kappa shape index (κ3) is 2.94. The van der Waals surface area contributed by atoms with Crippen LogP contribution >= 0.6 is 0 Å². The van der Waals surface area contributed by atoms with Crippen molar-refractivity contribution in [3.8, 4) is 0 Å². The van der Waals surface area contributed by atoms with Gasteiger partial charge >= 0.3 is 7.12 Å². The van der Waals surface area contributed by atoms with Gasteiger partial charge in [0.15, 0.2) is 0 Å². The third-order valence-corrected chi connectivity index (χ3v) is 2.39. The van der Waals surface area contributed by atoms with Crippen LogP contribution in [-0.2, 0) is 0 Å². The molecular formula is C12H11BN2O3. The van der Waals surface area contributed by atoms with Gasteiger partial charge in [0.1, 0.15) is 0 Å². The second-order valence-corrected chi connectivity index (χ2v) is 3.69. The summed E-state index contributed by atoms with van der Waals surface area (Å²) in [5, 5.41) is 20.6. The van der Waals surface area contributed by atoms with Gasteiger partial charge in [0.2, 0.25) is 0 Å². The van der Waals surface area contributed by atoms with Crippen LogP contribution < -0.4 is 10.8 Å². The fraction of sp³-hybridized carbons (Fsp3) is 0. The highest BCUT2D eigenvalue weighted by atomic mass is 16.4. The standard InChI is InChI=1S/C12H11BN2O3/c16-12(9-2-1-7-14-8-9)15-11-5-3-10(4-6-11)13(17)18/h1-8,17-18H,(H,15,16). The number of benzene rings is 1. The van der Waals surface area contributed by atoms with Crippen molar-refractivity contribution in [2.75, 3.05) is 5.32 Å². The molecule has 0 unspecified atom stereocenters. The molecule has 18 heavy (non-hydrogen) atoms. The van der Waals surface area contributed by atoms with Crippen molar-refractivity contribution in [3.63, 3.8) is 0 Å². The Morgan fingerprint density at radius 3 is 2.44 bits per heavy atom. The quantitative estimate of drug-likeness (QED) is 0.662. The summed E-state index contributed by atoms with van der Waals surface area (Å²) in [7, 11) is -1.51. The molecule has 6 heteroatoms. The average Bonchev–Trinajstić information content (AvgIpc) is 2.40. The second-order valence-electron chi connectivity index (χ2n) is 3.69. The number of nitrogens with zero attached hydrogens (tertiary/aromatic N) is 1. The van der Waals surface area contributed by atoms with Gasteiger partial charge in [0.25, 0.3) is 5.91 Å². The molecule has 5 nitrogen and oxygen atoms in total. The van der Waals surface area contributed by atoms with E-state index in [1.54, 1.807) is 30.5 Å². The first kappa shape index (κ1) is 12.3. The van der Waals surface area contributed by atoms with Crippen molar-refractivity contribution in [2.24, 2.45) is 0 Å². The van der Waals surface area contributed by atoms with Crippen LogP contribution in [0.2, 0.25) is 0 Å². The van der Waals surface area contributed by atoms with Crippen LogP contribution in [0.3, 0.4) is 0 Å². The van der Waals surface area contributed by atoms with Crippen LogP contribution in [0.15, 0.2) is 48.8 Å². The van der Waals surface area contributed by atoms with Crippen molar-refractivity contribution in [1.29, 1.82) is 0 Å². The lowest BCUT2D eigenvalue weighted by atomic mass is 9.80. The Labute approximate surface area is 104 Å². The van der Waals surface area contributed by atoms with E-state index in [1.807, 2.05) is 0 Å². The highest BCUT2D eigenvalue weighted by molar-refractivity contribution is 6.58. The summed E-state index contributed by atoms with van der Waals surface area (Å²) in [4.78, 5) is 15.6. The summed E-state index contributed by atoms with van der Waals surface area (Å²) >= 11 is 0. The van der Waals surface area contributed by atoms with Crippen molar-refractivity contribution < 1.29 is 14.8 Å². The van der Waals surface area contributed by atoms with Crippen LogP contribution in [0.1, 0.15) is 10.4 Å². The Hall–Kier alpha value is -2.18. The predicted molar refractivity (Wildman–Crippen MR) is 68.5 cm³/mol. The third-order valence-electron chi connectivity index (χ3n) is 2.39. The van der Waals surface area contributed by atoms with Crippen molar-refractivity contribution in [2.45, 2.75) is 0 Å². The highest BCUT2D eigenvalue weighted by Crippen LogP contribution is 2.07. The number of hydrogen-bond acceptors (Lipinski definition) is 4. The molecule has 90 valence electrons. The molecule has 3 N–H and O–H groups in total. The van der Waals surface area contributed by atoms with Crippen LogP contribution in [0.4, 0.5) is 5.69 Å². The molecular weight excluding hydrogens is 231 g/mol. The molecule has 0 saturated carbocycles. The van der Waals surface area contributed by atoms with E-state index in [-0.39, 0.29) is 5.91 Å². The summed E-state index contributed by atoms with van der Waals surface area (Å²) in [5.41, 5.74) is 1.41. The SMILES string of the molecule is O=C(Nc1ccc(B(O)O)cc1)c1cccnc1. The minimum Gasteiger partial charge on any atom is -0.423 e. The second kappa shape index (κ2) is 5.44. The van der Waals surface area contributed by atoms with Crippen molar-refractivity contribution in [3.05, 3.63) is 54.4 Å². The van der Waals surface area contributed by atoms with E-state index in [0.29, 0.717) is 16.7 Å². The van der Waals surface area contributed by atoms with Gasteiger partial charge in [-0.2, -0.15) is 0 Å². The highest BCUT2D eigenvalue weighted by Gasteiger charge is 2.10. The first-order valence-corrected chi connectivity index (χ1v) is 5.34. The molecule has 1 aromatic carbocycles. The zero-order valence-corrected chi connectivity index (χ0v) is 9.45. The number of carbonyl (C=O) groups excluding carboxylic acids is 1. The average molecular weight is 242 g/mol. The number of nitrogens with one attached hydrogen (secondary N) is 1. The summed E-state index contributed by atoms with van der Waals surface area (Å²) < 4.78 is 0. The van der Waals surface area contributed by atoms with Crippen LogP contribution in [-0.4, -0.2) is 28.1 Å². The van der Waals surface area contributed by atoms with Crippen LogP contribution in [0.25, 0.3) is 0 Å². The number of rotatable bonds is 3. The lowest BCUT2D eigenvalue weighted by Crippen LogP contribution is -2.29. The van der Waals surface area contributed by atoms with Gasteiger partial charge in [0, 0.05) is 18.1 Å². The maximum absolute atomic E-state index is 11.8. The number of hydrogen-bond donors (Lipinski definition) is 3. The predicted octanol–water partition coefficient (Wildman–Crippen LogP) is 0.0137. The van der Waals surface area contributed by atoms with E-state index in [9.17, 15) is 4.79 Å². The van der Waals surface area contributed by atoms with Gasteiger partial charge in [-0.25, -0.2) is 0 Å². The number of aromatic nitrogens is 1. The van der Waals surface area contributed by atoms with Gasteiger partial charge in [-0.1, -0.05) is 12.1 Å². The largest absolute Gasteiger partial charge is 0.488 e. The van der Waals surface area contributed by atoms with E-state index in [4.69, 9.17) is 10.0 Å². The molecule has 0 spiro atoms. The number of amides is 1. The maximum Gasteiger partial charge on any atom is 0.488 e. The number of anilines is 1. The zero-order valence-electron chi connectivity index (χ0n) is 9.45. The van der Waals surface area contributed by atoms with E-state index in [1.165, 1.54) is 18.3 Å². The molecule has 1 aromatic heterocycles. The Morgan fingerprint density at radius 2 is 1.89 bits per heavy atom. The smallest absolute Gasteiger partial charge is 0.423 e. The first-order chi connectivity index (χ1) is 8.66. The Balaban J connectivity index is 2.08. The normalized spacial score (nSPS) is 9.89. The fourth-order valence-electron chi connectivity index (χ4n) is 1.44. The Morgan fingerprint density at radius 1 is 1.17 bits per heavy atom. The molecule has 0 saturated heterocycles. The molecule has 2 rings (SSSR count). The molecule has 0 aliphatic heterocycles. The molecule has 1 heterocycles. The van der Waals surface area contributed by atoms with Gasteiger partial charge < -0.3 is 15.4 Å². The van der Waals surface area contributed by atoms with Crippen LogP contribution in [0.5, 0.6) is 0 Å². The monoisotopic (exact) mass is 242 g/mol. The minimum absolute atomic E-state index is 0.264. The molecule has 0 aliphatic carbocycles. The number of pyridine rings is 1. The molecule has 0 aliphatic rings. The van der Waals surface area contributed by atoms with E-state index < -0.39 is 7.12 Å². The number of carbonyl (C=O) groups is 1. The van der Waals surface area contributed by atoms with Crippen molar-refractivity contribution in [1.82, 2.24) is 4.98 Å². The van der Waals surface area contributed by atoms with E-state index >= 15 is 0 Å². The molecule has 0 atom stereocenters. The molecule has 0 radical (unpaired) electrons. The van der Waals surface area contributed by atoms with Gasteiger partial charge in [0.05, 0.1) is 5.56 Å². The van der Waals surface area contributed by atoms with Gasteiger partial charge in [-0.15, -0.1) is 0 Å². The Bertz CT molecular complexity index is 529. The summed E-state index contributed by atoms with van der Waals surface area (Å²) in [6.07, 6.45) is 3.06. The lowest BCUT2D eigenvalue weighted by molar-refractivity contribution is 0.102. The molecule has 0 fully saturated rings. The van der Waals surface area contributed by atoms with E-state index in [2.05, 4.69) is 10.3 Å². The van der Waals surface area contributed by atoms with Gasteiger partial charge in [-0.05, 0) is 29.7 Å². The minimum atomic E-state index is -1.51. The van der Waals surface area contributed by atoms with Gasteiger partial charge in [-0.3, -0.25) is 9.78 Å². The zero-order chi connectivity index (χ0) is 13.0. The first-order valence-electron chi connectivity index (χ1n) is 5.34.